The van der Waals surface area contributed by atoms with Gasteiger partial charge in [-0.05, 0) is 32.9 Å². The van der Waals surface area contributed by atoms with Crippen LogP contribution in [-0.2, 0) is 14.4 Å². The molecule has 1 aliphatic heterocycles. The molecule has 0 spiro atoms. The maximum Gasteiger partial charge on any atom is 0.262 e. The van der Waals surface area contributed by atoms with Gasteiger partial charge in [-0.15, -0.1) is 0 Å². The Bertz CT molecular complexity index is 714. The monoisotopic (exact) mass is 376 g/mol. The third-order valence-electron chi connectivity index (χ3n) is 4.05. The lowest BCUT2D eigenvalue weighted by molar-refractivity contribution is -0.134. The van der Waals surface area contributed by atoms with E-state index in [9.17, 15) is 14.4 Å². The molecule has 1 aliphatic rings. The van der Waals surface area contributed by atoms with Crippen molar-refractivity contribution in [3.63, 3.8) is 0 Å². The van der Waals surface area contributed by atoms with Crippen LogP contribution in [0.3, 0.4) is 0 Å². The summed E-state index contributed by atoms with van der Waals surface area (Å²) in [5, 5.41) is 5.41. The number of benzene rings is 1. The predicted octanol–water partition coefficient (Wildman–Crippen LogP) is 0.373. The highest BCUT2D eigenvalue weighted by molar-refractivity contribution is 5.88. The number of hydrogen-bond acceptors (Lipinski definition) is 5. The number of amides is 3. The van der Waals surface area contributed by atoms with Crippen molar-refractivity contribution < 1.29 is 19.1 Å². The second kappa shape index (κ2) is 8.28. The average Bonchev–Trinajstić information content (AvgIpc) is 2.59. The number of likely N-dealkylation sites (N-methyl/N-ethyl adjacent to an activating group) is 2. The van der Waals surface area contributed by atoms with Gasteiger partial charge in [-0.25, -0.2) is 0 Å². The lowest BCUT2D eigenvalue weighted by Crippen LogP contribution is -2.52. The number of para-hydroxylation sites is 2. The van der Waals surface area contributed by atoms with Crippen LogP contribution in [0.4, 0.5) is 5.69 Å². The molecule has 27 heavy (non-hydrogen) atoms. The van der Waals surface area contributed by atoms with Gasteiger partial charge < -0.3 is 25.2 Å². The number of anilines is 1. The molecule has 0 radical (unpaired) electrons. The third kappa shape index (κ3) is 5.60. The number of ether oxygens (including phenoxy) is 1. The Morgan fingerprint density at radius 3 is 2.56 bits per heavy atom. The maximum absolute atomic E-state index is 12.6. The van der Waals surface area contributed by atoms with Crippen molar-refractivity contribution in [1.82, 2.24) is 15.5 Å². The lowest BCUT2D eigenvalue weighted by atomic mass is 10.1. The molecule has 0 bridgehead atoms. The first-order valence-electron chi connectivity index (χ1n) is 8.88. The molecule has 0 fully saturated rings. The fourth-order valence-corrected chi connectivity index (χ4v) is 2.80. The number of rotatable bonds is 5. The summed E-state index contributed by atoms with van der Waals surface area (Å²) >= 11 is 0. The van der Waals surface area contributed by atoms with E-state index in [2.05, 4.69) is 10.6 Å². The molecule has 0 aliphatic carbocycles. The molecule has 0 unspecified atom stereocenters. The van der Waals surface area contributed by atoms with E-state index in [1.807, 2.05) is 39.0 Å². The minimum Gasteiger partial charge on any atom is -0.477 e. The van der Waals surface area contributed by atoms with E-state index in [1.54, 1.807) is 25.1 Å². The van der Waals surface area contributed by atoms with E-state index in [4.69, 9.17) is 4.74 Å². The molecular weight excluding hydrogens is 348 g/mol. The van der Waals surface area contributed by atoms with Gasteiger partial charge in [0.15, 0.2) is 6.10 Å². The fraction of sp³-hybridized carbons (Fsp3) is 0.526. The molecular formula is C19H28N4O4. The number of nitrogens with one attached hydrogen (secondary N) is 2. The Balaban J connectivity index is 2.07. The molecule has 1 atom stereocenters. The first-order valence-corrected chi connectivity index (χ1v) is 8.88. The minimum atomic E-state index is -0.702. The second-order valence-corrected chi connectivity index (χ2v) is 7.62. The van der Waals surface area contributed by atoms with Gasteiger partial charge in [-0.3, -0.25) is 14.4 Å². The lowest BCUT2D eigenvalue weighted by Gasteiger charge is -2.35. The van der Waals surface area contributed by atoms with Gasteiger partial charge in [-0.1, -0.05) is 12.1 Å². The molecule has 2 N–H and O–H groups in total. The van der Waals surface area contributed by atoms with Crippen LogP contribution >= 0.6 is 0 Å². The highest BCUT2D eigenvalue weighted by Crippen LogP contribution is 2.32. The van der Waals surface area contributed by atoms with Gasteiger partial charge in [0.25, 0.3) is 5.91 Å². The maximum atomic E-state index is 12.6. The summed E-state index contributed by atoms with van der Waals surface area (Å²) < 4.78 is 5.73. The Morgan fingerprint density at radius 2 is 1.93 bits per heavy atom. The summed E-state index contributed by atoms with van der Waals surface area (Å²) in [5.41, 5.74) is 0.392. The van der Waals surface area contributed by atoms with Crippen molar-refractivity contribution in [2.75, 3.05) is 38.6 Å². The summed E-state index contributed by atoms with van der Waals surface area (Å²) in [4.78, 5) is 39.9. The third-order valence-corrected chi connectivity index (χ3v) is 4.05. The van der Waals surface area contributed by atoms with E-state index in [1.165, 1.54) is 4.90 Å². The number of nitrogens with zero attached hydrogens (tertiary/aromatic N) is 2. The molecule has 8 nitrogen and oxygen atoms in total. The number of hydrogen-bond donors (Lipinski definition) is 2. The molecule has 148 valence electrons. The van der Waals surface area contributed by atoms with E-state index in [0.29, 0.717) is 5.75 Å². The van der Waals surface area contributed by atoms with Crippen molar-refractivity contribution in [3.05, 3.63) is 24.3 Å². The molecule has 1 aromatic rings. The first-order chi connectivity index (χ1) is 12.6. The topological polar surface area (TPSA) is 91.0 Å². The fourth-order valence-electron chi connectivity index (χ4n) is 2.80. The molecule has 8 heteroatoms. The van der Waals surface area contributed by atoms with Crippen LogP contribution in [0, 0.1) is 0 Å². The van der Waals surface area contributed by atoms with Crippen LogP contribution < -0.4 is 20.3 Å². The van der Waals surface area contributed by atoms with Crippen LogP contribution in [-0.4, -0.2) is 68.0 Å². The summed E-state index contributed by atoms with van der Waals surface area (Å²) in [7, 11) is 3.14. The number of carbonyl (C=O) groups is 3. The molecule has 0 saturated heterocycles. The Labute approximate surface area is 159 Å². The first kappa shape index (κ1) is 20.5. The highest BCUT2D eigenvalue weighted by atomic mass is 16.5. The normalized spacial score (nSPS) is 16.0. The molecule has 1 heterocycles. The van der Waals surface area contributed by atoms with Gasteiger partial charge in [-0.2, -0.15) is 0 Å². The molecule has 3 amide bonds. The number of carbonyl (C=O) groups excluding carboxylic acids is 3. The summed E-state index contributed by atoms with van der Waals surface area (Å²) in [5.74, 6) is -0.131. The smallest absolute Gasteiger partial charge is 0.262 e. The number of fused-ring (bicyclic) bond motifs is 1. The summed E-state index contributed by atoms with van der Waals surface area (Å²) in [6.07, 6.45) is -0.702. The van der Waals surface area contributed by atoms with Crippen LogP contribution in [0.15, 0.2) is 24.3 Å². The van der Waals surface area contributed by atoms with Gasteiger partial charge >= 0.3 is 0 Å². The van der Waals surface area contributed by atoms with Crippen LogP contribution in [0.5, 0.6) is 5.75 Å². The highest BCUT2D eigenvalue weighted by Gasteiger charge is 2.31. The Kier molecular flexibility index (Phi) is 6.30. The standard InChI is InChI=1S/C19H28N4O4/c1-19(2,3)21-16(24)11-22(5)17(25)12-23-10-15(18(26)20-4)27-14-9-7-6-8-13(14)23/h6-9,15H,10-12H2,1-5H3,(H,20,26)(H,21,24)/t15-/m0/s1. The van der Waals surface area contributed by atoms with Gasteiger partial charge in [0.05, 0.1) is 25.3 Å². The van der Waals surface area contributed by atoms with Crippen molar-refractivity contribution >= 4 is 23.4 Å². The summed E-state index contributed by atoms with van der Waals surface area (Å²) in [6.45, 7) is 5.93. The van der Waals surface area contributed by atoms with Crippen molar-refractivity contribution in [3.8, 4) is 5.75 Å². The van der Waals surface area contributed by atoms with Crippen molar-refractivity contribution in [2.45, 2.75) is 32.4 Å². The quantitative estimate of drug-likeness (QED) is 0.775. The van der Waals surface area contributed by atoms with Gasteiger partial charge in [0.1, 0.15) is 5.75 Å². The zero-order chi connectivity index (χ0) is 20.2. The van der Waals surface area contributed by atoms with E-state index < -0.39 is 6.10 Å². The molecule has 1 aromatic carbocycles. The van der Waals surface area contributed by atoms with Crippen molar-refractivity contribution in [1.29, 1.82) is 0 Å². The second-order valence-electron chi connectivity index (χ2n) is 7.62. The largest absolute Gasteiger partial charge is 0.477 e. The van der Waals surface area contributed by atoms with E-state index in [-0.39, 0.29) is 42.9 Å². The van der Waals surface area contributed by atoms with Gasteiger partial charge in [0, 0.05) is 19.6 Å². The zero-order valence-electron chi connectivity index (χ0n) is 16.5. The van der Waals surface area contributed by atoms with Gasteiger partial charge in [0.2, 0.25) is 11.8 Å². The minimum absolute atomic E-state index is 0.0268. The van der Waals surface area contributed by atoms with E-state index in [0.717, 1.165) is 5.69 Å². The Hall–Kier alpha value is -2.77. The summed E-state index contributed by atoms with van der Waals surface area (Å²) in [6, 6.07) is 7.27. The molecule has 0 saturated carbocycles. The average molecular weight is 376 g/mol. The van der Waals surface area contributed by atoms with Crippen LogP contribution in [0.2, 0.25) is 0 Å². The molecule has 2 rings (SSSR count). The van der Waals surface area contributed by atoms with Crippen LogP contribution in [0.1, 0.15) is 20.8 Å². The van der Waals surface area contributed by atoms with E-state index >= 15 is 0 Å². The SMILES string of the molecule is CNC(=O)[C@@H]1CN(CC(=O)N(C)CC(=O)NC(C)(C)C)c2ccccc2O1. The predicted molar refractivity (Wildman–Crippen MR) is 103 cm³/mol. The van der Waals surface area contributed by atoms with Crippen LogP contribution in [0.25, 0.3) is 0 Å². The zero-order valence-corrected chi connectivity index (χ0v) is 16.5. The molecule has 0 aromatic heterocycles. The van der Waals surface area contributed by atoms with Crippen molar-refractivity contribution in [2.24, 2.45) is 0 Å². The Morgan fingerprint density at radius 1 is 1.26 bits per heavy atom.